The van der Waals surface area contributed by atoms with Crippen molar-refractivity contribution in [2.45, 2.75) is 25.4 Å². The number of hydrogen-bond donors (Lipinski definition) is 0. The number of aryl methyl sites for hydroxylation is 1. The van der Waals surface area contributed by atoms with E-state index in [-0.39, 0.29) is 28.6 Å². The van der Waals surface area contributed by atoms with Gasteiger partial charge < -0.3 is 14.2 Å². The number of ether oxygens (including phenoxy) is 1. The molecular formula is C22H24N4O4. The summed E-state index contributed by atoms with van der Waals surface area (Å²) >= 11 is 0. The number of likely N-dealkylation sites (tertiary alicyclic amines) is 1. The van der Waals surface area contributed by atoms with Crippen LogP contribution in [-0.2, 0) is 18.3 Å². The number of carbonyl (C=O) groups is 1. The lowest BCUT2D eigenvalue weighted by Crippen LogP contribution is -2.38. The first kappa shape index (κ1) is 20.0. The van der Waals surface area contributed by atoms with Crippen LogP contribution >= 0.6 is 0 Å². The van der Waals surface area contributed by atoms with E-state index in [1.807, 2.05) is 12.1 Å². The minimum atomic E-state index is -0.378. The predicted octanol–water partition coefficient (Wildman–Crippen LogP) is 1.72. The van der Waals surface area contributed by atoms with E-state index in [1.165, 1.54) is 4.57 Å². The van der Waals surface area contributed by atoms with E-state index in [0.717, 1.165) is 6.42 Å². The molecule has 0 aliphatic carbocycles. The van der Waals surface area contributed by atoms with Crippen LogP contribution in [0.1, 0.15) is 35.1 Å². The SMILES string of the molecule is COCCn1c(C2CCCN2C(=O)c2cccn(C)c2=O)nc2ccccc2c1=O. The predicted molar refractivity (Wildman–Crippen MR) is 113 cm³/mol. The van der Waals surface area contributed by atoms with Gasteiger partial charge >= 0.3 is 0 Å². The minimum Gasteiger partial charge on any atom is -0.383 e. The van der Waals surface area contributed by atoms with E-state index in [4.69, 9.17) is 9.72 Å². The van der Waals surface area contributed by atoms with Gasteiger partial charge in [-0.05, 0) is 37.1 Å². The molecule has 3 aromatic rings. The summed E-state index contributed by atoms with van der Waals surface area (Å²) in [7, 11) is 3.20. The van der Waals surface area contributed by atoms with E-state index in [2.05, 4.69) is 0 Å². The minimum absolute atomic E-state index is 0.124. The average Bonchev–Trinajstić information content (AvgIpc) is 3.24. The summed E-state index contributed by atoms with van der Waals surface area (Å²) in [5, 5.41) is 0.533. The Bertz CT molecular complexity index is 1210. The molecule has 1 atom stereocenters. The van der Waals surface area contributed by atoms with Crippen molar-refractivity contribution < 1.29 is 9.53 Å². The summed E-state index contributed by atoms with van der Waals surface area (Å²) in [5.41, 5.74) is 0.235. The zero-order valence-electron chi connectivity index (χ0n) is 17.1. The van der Waals surface area contributed by atoms with Crippen molar-refractivity contribution in [3.05, 3.63) is 74.7 Å². The van der Waals surface area contributed by atoms with Crippen LogP contribution in [0.2, 0.25) is 0 Å². The summed E-state index contributed by atoms with van der Waals surface area (Å²) in [6, 6.07) is 10.1. The highest BCUT2D eigenvalue weighted by Crippen LogP contribution is 2.32. The Morgan fingerprint density at radius 3 is 2.77 bits per heavy atom. The first-order valence-electron chi connectivity index (χ1n) is 9.98. The Morgan fingerprint density at radius 1 is 1.17 bits per heavy atom. The summed E-state index contributed by atoms with van der Waals surface area (Å²) in [6.45, 7) is 1.20. The molecule has 2 aromatic heterocycles. The van der Waals surface area contributed by atoms with E-state index < -0.39 is 0 Å². The number of amides is 1. The third-order valence-electron chi connectivity index (χ3n) is 5.58. The van der Waals surface area contributed by atoms with Gasteiger partial charge in [0.15, 0.2) is 0 Å². The molecule has 8 nitrogen and oxygen atoms in total. The fraction of sp³-hybridized carbons (Fsp3) is 0.364. The Morgan fingerprint density at radius 2 is 1.97 bits per heavy atom. The molecule has 0 saturated carbocycles. The molecule has 8 heteroatoms. The first-order chi connectivity index (χ1) is 14.5. The first-order valence-corrected chi connectivity index (χ1v) is 9.98. The van der Waals surface area contributed by atoms with Crippen molar-refractivity contribution in [1.29, 1.82) is 0 Å². The number of pyridine rings is 1. The fourth-order valence-corrected chi connectivity index (χ4v) is 4.03. The summed E-state index contributed by atoms with van der Waals surface area (Å²) in [4.78, 5) is 45.3. The number of rotatable bonds is 5. The summed E-state index contributed by atoms with van der Waals surface area (Å²) in [6.07, 6.45) is 3.07. The molecule has 30 heavy (non-hydrogen) atoms. The topological polar surface area (TPSA) is 86.4 Å². The number of para-hydroxylation sites is 1. The second kappa shape index (κ2) is 8.23. The number of aromatic nitrogens is 3. The molecule has 3 heterocycles. The molecule has 4 rings (SSSR count). The molecule has 0 bridgehead atoms. The van der Waals surface area contributed by atoms with Crippen molar-refractivity contribution in [2.24, 2.45) is 7.05 Å². The van der Waals surface area contributed by atoms with Crippen molar-refractivity contribution in [1.82, 2.24) is 19.0 Å². The molecule has 0 N–H and O–H groups in total. The van der Waals surface area contributed by atoms with Crippen LogP contribution in [0.4, 0.5) is 0 Å². The largest absolute Gasteiger partial charge is 0.383 e. The second-order valence-corrected chi connectivity index (χ2v) is 7.43. The van der Waals surface area contributed by atoms with Crippen molar-refractivity contribution in [3.63, 3.8) is 0 Å². The maximum Gasteiger partial charge on any atom is 0.263 e. The number of fused-ring (bicyclic) bond motifs is 1. The molecule has 1 aliphatic rings. The lowest BCUT2D eigenvalue weighted by atomic mass is 10.1. The molecule has 1 unspecified atom stereocenters. The zero-order valence-corrected chi connectivity index (χ0v) is 17.1. The smallest absolute Gasteiger partial charge is 0.263 e. The Labute approximate surface area is 173 Å². The highest BCUT2D eigenvalue weighted by atomic mass is 16.5. The van der Waals surface area contributed by atoms with Gasteiger partial charge in [-0.25, -0.2) is 4.98 Å². The maximum atomic E-state index is 13.3. The van der Waals surface area contributed by atoms with Gasteiger partial charge in [0.1, 0.15) is 11.4 Å². The number of nitrogens with zero attached hydrogens (tertiary/aromatic N) is 4. The van der Waals surface area contributed by atoms with Crippen LogP contribution in [0.5, 0.6) is 0 Å². The van der Waals surface area contributed by atoms with Gasteiger partial charge in [0.25, 0.3) is 17.0 Å². The van der Waals surface area contributed by atoms with Gasteiger partial charge in [-0.1, -0.05) is 12.1 Å². The molecule has 0 spiro atoms. The molecule has 1 amide bonds. The van der Waals surface area contributed by atoms with Crippen molar-refractivity contribution >= 4 is 16.8 Å². The highest BCUT2D eigenvalue weighted by Gasteiger charge is 2.35. The van der Waals surface area contributed by atoms with Crippen LogP contribution in [0, 0.1) is 0 Å². The maximum absolute atomic E-state index is 13.3. The quantitative estimate of drug-likeness (QED) is 0.642. The molecule has 1 aromatic carbocycles. The van der Waals surface area contributed by atoms with Crippen LogP contribution in [0.15, 0.2) is 52.2 Å². The van der Waals surface area contributed by atoms with Gasteiger partial charge in [0, 0.05) is 26.9 Å². The lowest BCUT2D eigenvalue weighted by molar-refractivity contribution is 0.0722. The van der Waals surface area contributed by atoms with Crippen LogP contribution in [0.3, 0.4) is 0 Å². The molecule has 1 aliphatic heterocycles. The zero-order chi connectivity index (χ0) is 21.3. The fourth-order valence-electron chi connectivity index (χ4n) is 4.03. The number of methoxy groups -OCH3 is 1. The lowest BCUT2D eigenvalue weighted by Gasteiger charge is -2.26. The number of hydrogen-bond acceptors (Lipinski definition) is 5. The normalized spacial score (nSPS) is 16.3. The highest BCUT2D eigenvalue weighted by molar-refractivity contribution is 5.94. The summed E-state index contributed by atoms with van der Waals surface area (Å²) in [5.74, 6) is 0.203. The van der Waals surface area contributed by atoms with Gasteiger partial charge in [-0.3, -0.25) is 19.0 Å². The van der Waals surface area contributed by atoms with Gasteiger partial charge in [-0.15, -0.1) is 0 Å². The van der Waals surface area contributed by atoms with Crippen LogP contribution in [0.25, 0.3) is 10.9 Å². The third-order valence-corrected chi connectivity index (χ3v) is 5.58. The molecule has 1 fully saturated rings. The Hall–Kier alpha value is -3.26. The van der Waals surface area contributed by atoms with Crippen molar-refractivity contribution in [2.75, 3.05) is 20.3 Å². The second-order valence-electron chi connectivity index (χ2n) is 7.43. The van der Waals surface area contributed by atoms with E-state index in [1.54, 1.807) is 54.1 Å². The van der Waals surface area contributed by atoms with E-state index >= 15 is 0 Å². The Kier molecular flexibility index (Phi) is 5.50. The van der Waals surface area contributed by atoms with Crippen molar-refractivity contribution in [3.8, 4) is 0 Å². The standard InChI is InChI=1S/C22H24N4O4/c1-24-11-5-8-16(20(24)27)22(29)25-12-6-10-18(25)19-23-17-9-4-3-7-15(17)21(28)26(19)13-14-30-2/h3-5,7-9,11,18H,6,10,12-14H2,1-2H3. The van der Waals surface area contributed by atoms with Crippen LogP contribution in [-0.4, -0.2) is 45.2 Å². The molecular weight excluding hydrogens is 384 g/mol. The molecule has 156 valence electrons. The van der Waals surface area contributed by atoms with Crippen LogP contribution < -0.4 is 11.1 Å². The van der Waals surface area contributed by atoms with E-state index in [0.29, 0.717) is 42.8 Å². The number of benzene rings is 1. The summed E-state index contributed by atoms with van der Waals surface area (Å²) < 4.78 is 8.18. The molecule has 0 radical (unpaired) electrons. The van der Waals surface area contributed by atoms with Gasteiger partial charge in [0.2, 0.25) is 0 Å². The monoisotopic (exact) mass is 408 g/mol. The van der Waals surface area contributed by atoms with Gasteiger partial charge in [-0.2, -0.15) is 0 Å². The van der Waals surface area contributed by atoms with E-state index in [9.17, 15) is 14.4 Å². The number of carbonyl (C=O) groups excluding carboxylic acids is 1. The van der Waals surface area contributed by atoms with Gasteiger partial charge in [0.05, 0.1) is 30.1 Å². The molecule has 1 saturated heterocycles. The Balaban J connectivity index is 1.82. The third kappa shape index (κ3) is 3.43. The average molecular weight is 408 g/mol.